The molecule has 0 bridgehead atoms. The number of hydrogen-bond donors (Lipinski definition) is 0. The number of rotatable bonds is 8. The highest BCUT2D eigenvalue weighted by atomic mass is 16.6. The van der Waals surface area contributed by atoms with Gasteiger partial charge in [-0.05, 0) is 91.0 Å². The van der Waals surface area contributed by atoms with Crippen LogP contribution in [0.15, 0.2) is 24.3 Å². The van der Waals surface area contributed by atoms with Gasteiger partial charge in [0.25, 0.3) is 0 Å². The number of ketones is 1. The van der Waals surface area contributed by atoms with Crippen molar-refractivity contribution in [3.8, 4) is 22.6 Å². The molecule has 0 saturated carbocycles. The fourth-order valence-electron chi connectivity index (χ4n) is 6.83. The average molecular weight is 707 g/mol. The molecule has 0 N–H and O–H groups in total. The highest BCUT2D eigenvalue weighted by molar-refractivity contribution is 6.00. The second-order valence-electron chi connectivity index (χ2n) is 15.3. The molecule has 4 aliphatic rings. The quantitative estimate of drug-likeness (QED) is 0.188. The molecule has 0 aromatic heterocycles. The largest absolute Gasteiger partial charge is 0.488 e. The number of hydrogen-bond acceptors (Lipinski definition) is 11. The Kier molecular flexibility index (Phi) is 9.93. The van der Waals surface area contributed by atoms with E-state index in [4.69, 9.17) is 28.4 Å². The van der Waals surface area contributed by atoms with Gasteiger partial charge in [-0.1, -0.05) is 6.07 Å². The van der Waals surface area contributed by atoms with Gasteiger partial charge in [-0.2, -0.15) is 0 Å². The van der Waals surface area contributed by atoms with E-state index < -0.39 is 59.8 Å². The first-order chi connectivity index (χ1) is 24.1. The van der Waals surface area contributed by atoms with E-state index in [0.29, 0.717) is 62.3 Å². The number of ether oxygens (including phenoxy) is 6. The summed E-state index contributed by atoms with van der Waals surface area (Å²) >= 11 is 0. The molecule has 2 atom stereocenters. The Morgan fingerprint density at radius 1 is 0.706 bits per heavy atom. The molecule has 13 heteroatoms. The molecule has 2 fully saturated rings. The molecule has 0 radical (unpaired) electrons. The Morgan fingerprint density at radius 2 is 1.22 bits per heavy atom. The van der Waals surface area contributed by atoms with Crippen LogP contribution < -0.4 is 9.47 Å². The van der Waals surface area contributed by atoms with Crippen LogP contribution in [0, 0.1) is 0 Å². The van der Waals surface area contributed by atoms with Crippen molar-refractivity contribution in [1.29, 1.82) is 0 Å². The number of likely N-dealkylation sites (tertiary alicyclic amines) is 2. The van der Waals surface area contributed by atoms with Crippen molar-refractivity contribution >= 4 is 29.9 Å². The molecule has 0 aliphatic carbocycles. The van der Waals surface area contributed by atoms with E-state index in [0.717, 1.165) is 27.8 Å². The van der Waals surface area contributed by atoms with Crippen LogP contribution in [0.3, 0.4) is 0 Å². The summed E-state index contributed by atoms with van der Waals surface area (Å²) in [7, 11) is 0. The van der Waals surface area contributed by atoms with Gasteiger partial charge in [0.15, 0.2) is 12.4 Å². The molecule has 4 heterocycles. The van der Waals surface area contributed by atoms with Gasteiger partial charge in [0, 0.05) is 47.3 Å². The van der Waals surface area contributed by atoms with E-state index >= 15 is 0 Å². The number of carbonyl (C=O) groups excluding carboxylic acids is 5. The molecule has 2 amide bonds. The zero-order chi connectivity index (χ0) is 36.7. The number of amides is 2. The lowest BCUT2D eigenvalue weighted by Gasteiger charge is -2.30. The van der Waals surface area contributed by atoms with E-state index in [-0.39, 0.29) is 19.8 Å². The van der Waals surface area contributed by atoms with Crippen LogP contribution >= 0.6 is 0 Å². The maximum atomic E-state index is 13.2. The van der Waals surface area contributed by atoms with Crippen molar-refractivity contribution in [3.05, 3.63) is 46.5 Å². The van der Waals surface area contributed by atoms with E-state index in [9.17, 15) is 24.0 Å². The summed E-state index contributed by atoms with van der Waals surface area (Å²) in [6, 6.07) is 5.85. The summed E-state index contributed by atoms with van der Waals surface area (Å²) in [6.45, 7) is 11.6. The lowest BCUT2D eigenvalue weighted by molar-refractivity contribution is -0.149. The highest BCUT2D eigenvalue weighted by Gasteiger charge is 2.39. The summed E-state index contributed by atoms with van der Waals surface area (Å²) in [5, 5.41) is 0. The van der Waals surface area contributed by atoms with E-state index in [1.807, 2.05) is 12.1 Å². The van der Waals surface area contributed by atoms with Crippen LogP contribution in [-0.2, 0) is 48.2 Å². The van der Waals surface area contributed by atoms with Gasteiger partial charge in [-0.15, -0.1) is 0 Å². The summed E-state index contributed by atoms with van der Waals surface area (Å²) in [5.41, 5.74) is 3.31. The predicted molar refractivity (Wildman–Crippen MR) is 182 cm³/mol. The van der Waals surface area contributed by atoms with Crippen molar-refractivity contribution in [1.82, 2.24) is 9.80 Å². The number of Topliss-reactive ketones (excluding diaryl/α,β-unsaturated/α-hetero) is 1. The molecule has 2 saturated heterocycles. The fraction of sp³-hybridized carbons (Fsp3) is 0.553. The number of benzene rings is 2. The summed E-state index contributed by atoms with van der Waals surface area (Å²) in [5.74, 6) is -0.273. The lowest BCUT2D eigenvalue weighted by Crippen LogP contribution is -2.44. The predicted octanol–water partition coefficient (Wildman–Crippen LogP) is 5.75. The zero-order valence-corrected chi connectivity index (χ0v) is 30.1. The van der Waals surface area contributed by atoms with Crippen molar-refractivity contribution < 1.29 is 52.4 Å². The van der Waals surface area contributed by atoms with Gasteiger partial charge in [-0.3, -0.25) is 14.6 Å². The number of esters is 2. The van der Waals surface area contributed by atoms with Crippen molar-refractivity contribution in [2.24, 2.45) is 0 Å². The highest BCUT2D eigenvalue weighted by Crippen LogP contribution is 2.49. The monoisotopic (exact) mass is 706 g/mol. The Morgan fingerprint density at radius 3 is 1.76 bits per heavy atom. The Labute approximate surface area is 297 Å². The average Bonchev–Trinajstić information content (AvgIpc) is 3.75. The van der Waals surface area contributed by atoms with E-state index in [1.54, 1.807) is 53.7 Å². The number of nitrogens with zero attached hydrogens (tertiary/aromatic N) is 2. The molecule has 13 nitrogen and oxygen atoms in total. The topological polar surface area (TPSA) is 147 Å². The molecule has 0 spiro atoms. The van der Waals surface area contributed by atoms with Crippen LogP contribution in [0.25, 0.3) is 11.1 Å². The normalized spacial score (nSPS) is 19.0. The van der Waals surface area contributed by atoms with Gasteiger partial charge in [0.1, 0.15) is 48.0 Å². The third-order valence-corrected chi connectivity index (χ3v) is 9.05. The van der Waals surface area contributed by atoms with Gasteiger partial charge in [0.05, 0.1) is 6.61 Å². The summed E-state index contributed by atoms with van der Waals surface area (Å²) in [6.07, 6.45) is 1.64. The molecule has 0 unspecified atom stereocenters. The maximum absolute atomic E-state index is 13.2. The second kappa shape index (κ2) is 14.1. The van der Waals surface area contributed by atoms with Crippen LogP contribution in [0.1, 0.15) is 94.3 Å². The minimum absolute atomic E-state index is 0.133. The van der Waals surface area contributed by atoms with Gasteiger partial charge in [-0.25, -0.2) is 19.2 Å². The third kappa shape index (κ3) is 8.07. The first kappa shape index (κ1) is 36.0. The molecule has 2 aromatic carbocycles. The van der Waals surface area contributed by atoms with E-state index in [2.05, 4.69) is 0 Å². The van der Waals surface area contributed by atoms with Gasteiger partial charge < -0.3 is 28.4 Å². The molecule has 274 valence electrons. The Bertz CT molecular complexity index is 1690. The standard InChI is InChI=1S/C38H46N2O11/c1-37(2,3)50-35(44)39-12-7-9-26(39)33(42)46-14-11-22-15-24-19-48-30-18-23(17-25-20-47-29(16-22)31(24)32(25)30)28(41)21-49-34(43)27-10-8-13-40(27)36(45)51-38(4,5)6/h15-18,26-27H,7-14,19-21H2,1-6H3/t26-,27-/m0/s1. The van der Waals surface area contributed by atoms with Crippen LogP contribution in [0.2, 0.25) is 0 Å². The SMILES string of the molecule is CC(C)(C)OC(=O)N1CCC[C@H]1C(=O)OCCc1cc2c3c(c1)OCc1cc(C(=O)COC(=O)[C@@H]4CCCN4C(=O)OC(C)(C)C)cc(c1-3)OC2. The summed E-state index contributed by atoms with van der Waals surface area (Å²) in [4.78, 5) is 67.1. The molecular formula is C38H46N2O11. The Hall–Kier alpha value is -4.81. The first-order valence-electron chi connectivity index (χ1n) is 17.5. The molecule has 51 heavy (non-hydrogen) atoms. The van der Waals surface area contributed by atoms with Crippen molar-refractivity contribution in [2.75, 3.05) is 26.3 Å². The molecule has 6 rings (SSSR count). The van der Waals surface area contributed by atoms with Crippen LogP contribution in [0.5, 0.6) is 11.5 Å². The van der Waals surface area contributed by atoms with E-state index in [1.165, 1.54) is 9.80 Å². The second-order valence-corrected chi connectivity index (χ2v) is 15.3. The number of carbonyl (C=O) groups is 5. The lowest BCUT2D eigenvalue weighted by atomic mass is 9.87. The Balaban J connectivity index is 1.07. The zero-order valence-electron chi connectivity index (χ0n) is 30.1. The molecule has 4 aliphatic heterocycles. The summed E-state index contributed by atoms with van der Waals surface area (Å²) < 4.78 is 34.2. The van der Waals surface area contributed by atoms with Gasteiger partial charge in [0.2, 0.25) is 0 Å². The van der Waals surface area contributed by atoms with Crippen molar-refractivity contribution in [3.63, 3.8) is 0 Å². The smallest absolute Gasteiger partial charge is 0.411 e. The molecule has 2 aromatic rings. The first-order valence-corrected chi connectivity index (χ1v) is 17.5. The third-order valence-electron chi connectivity index (χ3n) is 9.05. The van der Waals surface area contributed by atoms with Crippen LogP contribution in [-0.4, -0.2) is 89.3 Å². The minimum atomic E-state index is -0.803. The van der Waals surface area contributed by atoms with Crippen LogP contribution in [0.4, 0.5) is 9.59 Å². The minimum Gasteiger partial charge on any atom is -0.488 e. The van der Waals surface area contributed by atoms with Gasteiger partial charge >= 0.3 is 24.1 Å². The fourth-order valence-corrected chi connectivity index (χ4v) is 6.83. The maximum Gasteiger partial charge on any atom is 0.411 e. The van der Waals surface area contributed by atoms with Crippen molar-refractivity contribution in [2.45, 2.75) is 110 Å². The molecular weight excluding hydrogens is 660 g/mol.